The smallest absolute Gasteiger partial charge is 0.277 e. The van der Waals surface area contributed by atoms with E-state index in [0.717, 1.165) is 17.3 Å². The number of hydrogen-bond donors (Lipinski definition) is 3. The summed E-state index contributed by atoms with van der Waals surface area (Å²) in [5.74, 6) is -0.467. The van der Waals surface area contributed by atoms with Crippen LogP contribution in [0, 0.1) is 6.92 Å². The largest absolute Gasteiger partial charge is 0.382 e. The van der Waals surface area contributed by atoms with E-state index in [-0.39, 0.29) is 28.3 Å². The highest BCUT2D eigenvalue weighted by Gasteiger charge is 2.16. The quantitative estimate of drug-likeness (QED) is 0.491. The van der Waals surface area contributed by atoms with Crippen molar-refractivity contribution in [1.29, 1.82) is 0 Å². The number of nitrogens with two attached hydrogens (primary N) is 1. The van der Waals surface area contributed by atoms with Crippen LogP contribution in [0.1, 0.15) is 29.8 Å². The number of benzene rings is 1. The third-order valence-corrected chi connectivity index (χ3v) is 4.78. The molecule has 0 fully saturated rings. The molecule has 0 unspecified atom stereocenters. The van der Waals surface area contributed by atoms with Crippen LogP contribution in [0.2, 0.25) is 0 Å². The minimum Gasteiger partial charge on any atom is -0.382 e. The fourth-order valence-electron chi connectivity index (χ4n) is 2.35. The second-order valence-electron chi connectivity index (χ2n) is 5.81. The molecule has 2 rings (SSSR count). The Bertz CT molecular complexity index is 876. The highest BCUT2D eigenvalue weighted by molar-refractivity contribution is 7.99. The summed E-state index contributed by atoms with van der Waals surface area (Å²) in [4.78, 5) is 44.9. The summed E-state index contributed by atoms with van der Waals surface area (Å²) in [5.41, 5.74) is 6.58. The number of aromatic amines is 1. The molecule has 8 nitrogen and oxygen atoms in total. The fraction of sp³-hybridized carbons (Fsp3) is 0.333. The van der Waals surface area contributed by atoms with E-state index < -0.39 is 11.5 Å². The Labute approximate surface area is 161 Å². The maximum Gasteiger partial charge on any atom is 0.277 e. The molecule has 144 valence electrons. The molecule has 0 aliphatic rings. The van der Waals surface area contributed by atoms with Crippen molar-refractivity contribution in [3.8, 4) is 0 Å². The van der Waals surface area contributed by atoms with Crippen LogP contribution in [0.3, 0.4) is 0 Å². The third kappa shape index (κ3) is 5.33. The standard InChI is InChI=1S/C18H23N5O3S/c1-4-23(5-2)13(24)10-27-18-21-15(19)14(17(26)22-18)20-16(25)12-8-6-11(3)7-9-12/h6-9H,4-5,10H2,1-3H3,(H,20,25)(H3,19,21,22,26). The van der Waals surface area contributed by atoms with Gasteiger partial charge in [0.1, 0.15) is 5.69 Å². The predicted octanol–water partition coefficient (Wildman–Crippen LogP) is 1.87. The Morgan fingerprint density at radius 3 is 2.41 bits per heavy atom. The number of nitrogen functional groups attached to an aromatic ring is 1. The second kappa shape index (κ2) is 9.22. The number of rotatable bonds is 7. The van der Waals surface area contributed by atoms with Crippen LogP contribution in [-0.2, 0) is 4.79 Å². The number of aromatic nitrogens is 2. The van der Waals surface area contributed by atoms with E-state index in [2.05, 4.69) is 15.3 Å². The van der Waals surface area contributed by atoms with Crippen molar-refractivity contribution in [2.24, 2.45) is 0 Å². The van der Waals surface area contributed by atoms with Gasteiger partial charge in [0.25, 0.3) is 11.5 Å². The molecule has 2 aromatic rings. The topological polar surface area (TPSA) is 121 Å². The van der Waals surface area contributed by atoms with Crippen LogP contribution in [-0.4, -0.2) is 45.5 Å². The van der Waals surface area contributed by atoms with Crippen LogP contribution in [0.25, 0.3) is 0 Å². The molecule has 0 atom stereocenters. The highest BCUT2D eigenvalue weighted by Crippen LogP contribution is 2.18. The Hall–Kier alpha value is -2.81. The Kier molecular flexibility index (Phi) is 7.00. The molecule has 4 N–H and O–H groups in total. The number of amides is 2. The number of carbonyl (C=O) groups excluding carboxylic acids is 2. The van der Waals surface area contributed by atoms with Crippen molar-refractivity contribution < 1.29 is 9.59 Å². The van der Waals surface area contributed by atoms with Gasteiger partial charge in [-0.05, 0) is 32.9 Å². The average molecular weight is 389 g/mol. The van der Waals surface area contributed by atoms with Gasteiger partial charge >= 0.3 is 0 Å². The van der Waals surface area contributed by atoms with Crippen molar-refractivity contribution in [2.75, 3.05) is 29.9 Å². The lowest BCUT2D eigenvalue weighted by Crippen LogP contribution is -2.32. The summed E-state index contributed by atoms with van der Waals surface area (Å²) in [6.45, 7) is 6.94. The zero-order valence-corrected chi connectivity index (χ0v) is 16.4. The molecule has 27 heavy (non-hydrogen) atoms. The normalized spacial score (nSPS) is 10.5. The van der Waals surface area contributed by atoms with Crippen LogP contribution in [0.5, 0.6) is 0 Å². The lowest BCUT2D eigenvalue weighted by atomic mass is 10.1. The van der Waals surface area contributed by atoms with Gasteiger partial charge in [-0.2, -0.15) is 0 Å². The summed E-state index contributed by atoms with van der Waals surface area (Å²) in [7, 11) is 0. The van der Waals surface area contributed by atoms with Gasteiger partial charge in [0, 0.05) is 18.7 Å². The molecule has 0 saturated heterocycles. The number of nitrogens with zero attached hydrogens (tertiary/aromatic N) is 2. The molecule has 0 aliphatic heterocycles. The van der Waals surface area contributed by atoms with E-state index in [0.29, 0.717) is 18.7 Å². The fourth-order valence-corrected chi connectivity index (χ4v) is 3.12. The van der Waals surface area contributed by atoms with E-state index in [9.17, 15) is 14.4 Å². The van der Waals surface area contributed by atoms with Crippen molar-refractivity contribution in [3.63, 3.8) is 0 Å². The first kappa shape index (κ1) is 20.5. The molecule has 0 bridgehead atoms. The van der Waals surface area contributed by atoms with Crippen molar-refractivity contribution >= 4 is 35.1 Å². The lowest BCUT2D eigenvalue weighted by molar-refractivity contribution is -0.127. The minimum atomic E-state index is -0.569. The number of carbonyl (C=O) groups is 2. The first-order valence-electron chi connectivity index (χ1n) is 8.54. The Morgan fingerprint density at radius 1 is 1.22 bits per heavy atom. The summed E-state index contributed by atoms with van der Waals surface area (Å²) < 4.78 is 0. The number of H-pyrrole nitrogens is 1. The van der Waals surface area contributed by atoms with Gasteiger partial charge in [-0.3, -0.25) is 19.4 Å². The predicted molar refractivity (Wildman–Crippen MR) is 107 cm³/mol. The molecule has 2 amide bonds. The van der Waals surface area contributed by atoms with Crippen molar-refractivity contribution in [3.05, 3.63) is 45.7 Å². The summed E-state index contributed by atoms with van der Waals surface area (Å²) in [6, 6.07) is 6.91. The van der Waals surface area contributed by atoms with E-state index in [1.54, 1.807) is 29.2 Å². The zero-order chi connectivity index (χ0) is 20.0. The first-order chi connectivity index (χ1) is 12.8. The molecule has 0 radical (unpaired) electrons. The van der Waals surface area contributed by atoms with Gasteiger partial charge in [-0.1, -0.05) is 29.5 Å². The van der Waals surface area contributed by atoms with Gasteiger partial charge in [0.15, 0.2) is 11.0 Å². The zero-order valence-electron chi connectivity index (χ0n) is 15.5. The molecule has 9 heteroatoms. The monoisotopic (exact) mass is 389 g/mol. The van der Waals surface area contributed by atoms with Gasteiger partial charge in [-0.15, -0.1) is 0 Å². The number of hydrogen-bond acceptors (Lipinski definition) is 6. The van der Waals surface area contributed by atoms with Gasteiger partial charge < -0.3 is 16.0 Å². The third-order valence-electron chi connectivity index (χ3n) is 3.93. The minimum absolute atomic E-state index is 0.0528. The van der Waals surface area contributed by atoms with Crippen molar-refractivity contribution in [1.82, 2.24) is 14.9 Å². The van der Waals surface area contributed by atoms with Crippen LogP contribution < -0.4 is 16.6 Å². The number of aryl methyl sites for hydroxylation is 1. The summed E-state index contributed by atoms with van der Waals surface area (Å²) in [6.07, 6.45) is 0. The highest BCUT2D eigenvalue weighted by atomic mass is 32.2. The molecule has 1 aromatic carbocycles. The number of thioether (sulfide) groups is 1. The van der Waals surface area contributed by atoms with Crippen LogP contribution in [0.4, 0.5) is 11.5 Å². The van der Waals surface area contributed by atoms with E-state index >= 15 is 0 Å². The van der Waals surface area contributed by atoms with Gasteiger partial charge in [0.05, 0.1) is 5.75 Å². The Morgan fingerprint density at radius 2 is 1.85 bits per heavy atom. The van der Waals surface area contributed by atoms with Crippen LogP contribution in [0.15, 0.2) is 34.2 Å². The first-order valence-corrected chi connectivity index (χ1v) is 9.52. The molecule has 0 spiro atoms. The molecular formula is C18H23N5O3S. The van der Waals surface area contributed by atoms with E-state index in [1.807, 2.05) is 20.8 Å². The van der Waals surface area contributed by atoms with E-state index in [1.165, 1.54) is 0 Å². The number of anilines is 2. The lowest BCUT2D eigenvalue weighted by Gasteiger charge is -2.18. The summed E-state index contributed by atoms with van der Waals surface area (Å²) >= 11 is 1.09. The molecule has 0 aliphatic carbocycles. The molecular weight excluding hydrogens is 366 g/mol. The molecule has 1 heterocycles. The van der Waals surface area contributed by atoms with Gasteiger partial charge in [0.2, 0.25) is 5.91 Å². The maximum absolute atomic E-state index is 12.3. The molecule has 0 saturated carbocycles. The maximum atomic E-state index is 12.3. The second-order valence-corrected chi connectivity index (χ2v) is 6.77. The molecule has 1 aromatic heterocycles. The Balaban J connectivity index is 2.10. The van der Waals surface area contributed by atoms with Gasteiger partial charge in [-0.25, -0.2) is 4.98 Å². The summed E-state index contributed by atoms with van der Waals surface area (Å²) in [5, 5.41) is 2.72. The van der Waals surface area contributed by atoms with E-state index in [4.69, 9.17) is 5.73 Å². The van der Waals surface area contributed by atoms with Crippen molar-refractivity contribution in [2.45, 2.75) is 25.9 Å². The average Bonchev–Trinajstić information content (AvgIpc) is 2.64. The SMILES string of the molecule is CCN(CC)C(=O)CSc1nc(N)c(NC(=O)c2ccc(C)cc2)c(=O)[nH]1. The number of nitrogens with one attached hydrogen (secondary N) is 2. The van der Waals surface area contributed by atoms with Crippen LogP contribution >= 0.6 is 11.8 Å².